The molecule has 1 aromatic carbocycles. The van der Waals surface area contributed by atoms with E-state index >= 15 is 0 Å². The van der Waals surface area contributed by atoms with Gasteiger partial charge in [0.15, 0.2) is 0 Å². The summed E-state index contributed by atoms with van der Waals surface area (Å²) in [4.78, 5) is 37.3. The SMILES string of the molecule is C=CCNC(=O)CN1C(=O)N[C@](C)(c2ccc(Cl)cc2Cl)C1=O. The van der Waals surface area contributed by atoms with Gasteiger partial charge in [-0.25, -0.2) is 4.79 Å². The van der Waals surface area contributed by atoms with Crippen LogP contribution in [0, 0.1) is 0 Å². The molecule has 1 saturated heterocycles. The molecule has 0 saturated carbocycles. The number of carbonyl (C=O) groups excluding carboxylic acids is 3. The molecule has 2 N–H and O–H groups in total. The van der Waals surface area contributed by atoms with Crippen LogP contribution in [0.15, 0.2) is 30.9 Å². The van der Waals surface area contributed by atoms with Gasteiger partial charge in [0.2, 0.25) is 5.91 Å². The molecule has 2 rings (SSSR count). The van der Waals surface area contributed by atoms with Crippen molar-refractivity contribution in [2.45, 2.75) is 12.5 Å². The maximum Gasteiger partial charge on any atom is 0.325 e. The van der Waals surface area contributed by atoms with Crippen molar-refractivity contribution in [2.24, 2.45) is 0 Å². The number of benzene rings is 1. The van der Waals surface area contributed by atoms with Gasteiger partial charge in [0.05, 0.1) is 0 Å². The number of hydrogen-bond donors (Lipinski definition) is 2. The van der Waals surface area contributed by atoms with Crippen molar-refractivity contribution < 1.29 is 14.4 Å². The standard InChI is InChI=1S/C15H15Cl2N3O3/c1-3-6-18-12(21)8-20-13(22)15(2,19-14(20)23)10-5-4-9(16)7-11(10)17/h3-5,7H,1,6,8H2,2H3,(H,18,21)(H,19,23)/t15-/m1/s1. The Hall–Kier alpha value is -2.05. The van der Waals surface area contributed by atoms with E-state index in [-0.39, 0.29) is 18.1 Å². The lowest BCUT2D eigenvalue weighted by atomic mass is 9.92. The van der Waals surface area contributed by atoms with Crippen LogP contribution in [0.2, 0.25) is 10.0 Å². The molecular formula is C15H15Cl2N3O3. The average molecular weight is 356 g/mol. The van der Waals surface area contributed by atoms with Gasteiger partial charge in [-0.15, -0.1) is 6.58 Å². The second-order valence-electron chi connectivity index (χ2n) is 5.16. The summed E-state index contributed by atoms with van der Waals surface area (Å²) >= 11 is 12.0. The van der Waals surface area contributed by atoms with Crippen molar-refractivity contribution >= 4 is 41.0 Å². The van der Waals surface area contributed by atoms with E-state index in [1.807, 2.05) is 0 Å². The minimum Gasteiger partial charge on any atom is -0.351 e. The van der Waals surface area contributed by atoms with E-state index < -0.39 is 23.4 Å². The Labute approximate surface area is 143 Å². The van der Waals surface area contributed by atoms with Crippen LogP contribution in [-0.2, 0) is 15.1 Å². The summed E-state index contributed by atoms with van der Waals surface area (Å²) in [6.45, 7) is 4.88. The Morgan fingerprint density at radius 1 is 1.43 bits per heavy atom. The maximum atomic E-state index is 12.6. The van der Waals surface area contributed by atoms with E-state index in [4.69, 9.17) is 23.2 Å². The van der Waals surface area contributed by atoms with Gasteiger partial charge in [0.25, 0.3) is 5.91 Å². The summed E-state index contributed by atoms with van der Waals surface area (Å²) in [5.74, 6) is -1.01. The Bertz CT molecular complexity index is 693. The first kappa shape index (κ1) is 17.3. The van der Waals surface area contributed by atoms with Crippen molar-refractivity contribution in [3.05, 3.63) is 46.5 Å². The normalized spacial score (nSPS) is 20.4. The zero-order valence-electron chi connectivity index (χ0n) is 12.4. The van der Waals surface area contributed by atoms with Crippen LogP contribution in [0.3, 0.4) is 0 Å². The van der Waals surface area contributed by atoms with Crippen LogP contribution < -0.4 is 10.6 Å². The van der Waals surface area contributed by atoms with E-state index in [1.165, 1.54) is 19.1 Å². The largest absolute Gasteiger partial charge is 0.351 e. The molecule has 1 atom stereocenters. The molecule has 0 unspecified atom stereocenters. The highest BCUT2D eigenvalue weighted by molar-refractivity contribution is 6.35. The molecule has 1 fully saturated rings. The fraction of sp³-hybridized carbons (Fsp3) is 0.267. The van der Waals surface area contributed by atoms with E-state index in [1.54, 1.807) is 12.1 Å². The highest BCUT2D eigenvalue weighted by Crippen LogP contribution is 2.34. The first-order valence-corrected chi connectivity index (χ1v) is 7.52. The number of amides is 4. The Balaban J connectivity index is 2.26. The molecule has 1 heterocycles. The molecule has 0 spiro atoms. The summed E-state index contributed by atoms with van der Waals surface area (Å²) in [5.41, 5.74) is -0.937. The lowest BCUT2D eigenvalue weighted by Crippen LogP contribution is -2.43. The van der Waals surface area contributed by atoms with Crippen LogP contribution in [-0.4, -0.2) is 35.8 Å². The maximum absolute atomic E-state index is 12.6. The van der Waals surface area contributed by atoms with E-state index in [0.29, 0.717) is 10.6 Å². The molecule has 122 valence electrons. The molecule has 0 aliphatic carbocycles. The van der Waals surface area contributed by atoms with Crippen molar-refractivity contribution in [3.8, 4) is 0 Å². The van der Waals surface area contributed by atoms with Crippen molar-refractivity contribution in [1.82, 2.24) is 15.5 Å². The highest BCUT2D eigenvalue weighted by atomic mass is 35.5. The molecule has 1 aliphatic rings. The fourth-order valence-electron chi connectivity index (χ4n) is 2.30. The fourth-order valence-corrected chi connectivity index (χ4v) is 2.90. The van der Waals surface area contributed by atoms with Gasteiger partial charge in [-0.1, -0.05) is 35.3 Å². The van der Waals surface area contributed by atoms with Gasteiger partial charge in [-0.2, -0.15) is 0 Å². The van der Waals surface area contributed by atoms with E-state index in [0.717, 1.165) is 4.90 Å². The number of rotatable bonds is 5. The summed E-state index contributed by atoms with van der Waals surface area (Å²) in [7, 11) is 0. The zero-order chi connectivity index (χ0) is 17.2. The number of nitrogens with one attached hydrogen (secondary N) is 2. The second-order valence-corrected chi connectivity index (χ2v) is 6.01. The molecule has 1 aromatic rings. The highest BCUT2D eigenvalue weighted by Gasteiger charge is 2.50. The number of imide groups is 1. The van der Waals surface area contributed by atoms with Crippen LogP contribution in [0.1, 0.15) is 12.5 Å². The topological polar surface area (TPSA) is 78.5 Å². The lowest BCUT2D eigenvalue weighted by Gasteiger charge is -2.23. The van der Waals surface area contributed by atoms with Crippen LogP contribution in [0.4, 0.5) is 4.79 Å². The van der Waals surface area contributed by atoms with Crippen LogP contribution in [0.25, 0.3) is 0 Å². The van der Waals surface area contributed by atoms with Crippen molar-refractivity contribution in [1.29, 1.82) is 0 Å². The zero-order valence-corrected chi connectivity index (χ0v) is 13.9. The molecule has 0 aromatic heterocycles. The Morgan fingerprint density at radius 3 is 2.74 bits per heavy atom. The molecule has 23 heavy (non-hydrogen) atoms. The first-order valence-electron chi connectivity index (χ1n) is 6.77. The monoisotopic (exact) mass is 355 g/mol. The minimum absolute atomic E-state index is 0.253. The molecule has 1 aliphatic heterocycles. The lowest BCUT2D eigenvalue weighted by molar-refractivity contribution is -0.134. The van der Waals surface area contributed by atoms with Crippen molar-refractivity contribution in [2.75, 3.05) is 13.1 Å². The van der Waals surface area contributed by atoms with Gasteiger partial charge < -0.3 is 10.6 Å². The summed E-state index contributed by atoms with van der Waals surface area (Å²) in [6, 6.07) is 3.98. The average Bonchev–Trinajstić information content (AvgIpc) is 2.69. The van der Waals surface area contributed by atoms with Gasteiger partial charge in [-0.3, -0.25) is 14.5 Å². The summed E-state index contributed by atoms with van der Waals surface area (Å²) in [5, 5.41) is 5.76. The number of nitrogens with zero attached hydrogens (tertiary/aromatic N) is 1. The van der Waals surface area contributed by atoms with E-state index in [2.05, 4.69) is 17.2 Å². The third-order valence-corrected chi connectivity index (χ3v) is 4.04. The molecule has 6 nitrogen and oxygen atoms in total. The van der Waals surface area contributed by atoms with Gasteiger partial charge in [0, 0.05) is 22.2 Å². The number of halogens is 2. The quantitative estimate of drug-likeness (QED) is 0.626. The number of carbonyl (C=O) groups is 3. The predicted molar refractivity (Wildman–Crippen MR) is 87.3 cm³/mol. The predicted octanol–water partition coefficient (Wildman–Crippen LogP) is 2.06. The van der Waals surface area contributed by atoms with Crippen LogP contribution in [0.5, 0.6) is 0 Å². The van der Waals surface area contributed by atoms with Gasteiger partial charge in [0.1, 0.15) is 12.1 Å². The van der Waals surface area contributed by atoms with Gasteiger partial charge in [-0.05, 0) is 19.1 Å². The third-order valence-electron chi connectivity index (χ3n) is 3.49. The molecular weight excluding hydrogens is 341 g/mol. The smallest absolute Gasteiger partial charge is 0.325 e. The van der Waals surface area contributed by atoms with Gasteiger partial charge >= 0.3 is 6.03 Å². The molecule has 0 bridgehead atoms. The molecule has 8 heteroatoms. The first-order chi connectivity index (χ1) is 10.8. The van der Waals surface area contributed by atoms with Crippen molar-refractivity contribution in [3.63, 3.8) is 0 Å². The molecule has 4 amide bonds. The molecule has 0 radical (unpaired) electrons. The number of urea groups is 1. The summed E-state index contributed by atoms with van der Waals surface area (Å²) < 4.78 is 0. The van der Waals surface area contributed by atoms with Crippen LogP contribution >= 0.6 is 23.2 Å². The summed E-state index contributed by atoms with van der Waals surface area (Å²) in [6.07, 6.45) is 1.50. The van der Waals surface area contributed by atoms with E-state index in [9.17, 15) is 14.4 Å². The number of hydrogen-bond acceptors (Lipinski definition) is 3. The second kappa shape index (κ2) is 6.60. The Morgan fingerprint density at radius 2 is 2.13 bits per heavy atom. The minimum atomic E-state index is -1.35. The third kappa shape index (κ3) is 3.33. The Kier molecular flexibility index (Phi) is 4.97.